The number of aromatic nitrogens is 4. The number of hydrogen-bond acceptors (Lipinski definition) is 5. The number of rotatable bonds is 3. The van der Waals surface area contributed by atoms with Crippen molar-refractivity contribution in [2.75, 3.05) is 18.4 Å². The lowest BCUT2D eigenvalue weighted by molar-refractivity contribution is 0.347. The molecule has 1 aliphatic rings. The molecule has 0 spiro atoms. The molecule has 3 rings (SSSR count). The third-order valence-electron chi connectivity index (χ3n) is 3.63. The third-order valence-corrected chi connectivity index (χ3v) is 3.63. The highest BCUT2D eigenvalue weighted by molar-refractivity contribution is 5.82. The van der Waals surface area contributed by atoms with Gasteiger partial charge in [0.15, 0.2) is 11.5 Å². The quantitative estimate of drug-likeness (QED) is 0.757. The maximum absolute atomic E-state index is 4.30. The van der Waals surface area contributed by atoms with E-state index >= 15 is 0 Å². The largest absolute Gasteiger partial charge is 0.365 e. The summed E-state index contributed by atoms with van der Waals surface area (Å²) in [4.78, 5) is 15.6. The first-order valence-corrected chi connectivity index (χ1v) is 6.46. The Hall–Kier alpha value is -1.69. The zero-order valence-corrected chi connectivity index (χ0v) is 10.5. The van der Waals surface area contributed by atoms with Crippen LogP contribution < -0.4 is 10.6 Å². The van der Waals surface area contributed by atoms with Crippen LogP contribution in [0.3, 0.4) is 0 Å². The molecular formula is C12H18N6. The minimum absolute atomic E-state index is 0.388. The molecular weight excluding hydrogens is 228 g/mol. The lowest BCUT2D eigenvalue weighted by atomic mass is 9.93. The fourth-order valence-corrected chi connectivity index (χ4v) is 2.51. The first kappa shape index (κ1) is 11.4. The summed E-state index contributed by atoms with van der Waals surface area (Å²) in [6, 6.07) is 0.388. The van der Waals surface area contributed by atoms with E-state index in [4.69, 9.17) is 0 Å². The van der Waals surface area contributed by atoms with Crippen molar-refractivity contribution >= 4 is 17.0 Å². The van der Waals surface area contributed by atoms with E-state index in [9.17, 15) is 0 Å². The Kier molecular flexibility index (Phi) is 3.10. The van der Waals surface area contributed by atoms with Crippen LogP contribution in [0.15, 0.2) is 12.7 Å². The summed E-state index contributed by atoms with van der Waals surface area (Å²) in [5.41, 5.74) is 1.59. The van der Waals surface area contributed by atoms with Crippen LogP contribution in [0.2, 0.25) is 0 Å². The SMILES string of the molecule is CC(Nc1ncnc2nc[nH]c12)C1CCCNC1. The number of piperidine rings is 1. The van der Waals surface area contributed by atoms with E-state index in [2.05, 4.69) is 37.5 Å². The molecule has 2 unspecified atom stereocenters. The minimum atomic E-state index is 0.388. The van der Waals surface area contributed by atoms with Crippen LogP contribution in [0.5, 0.6) is 0 Å². The van der Waals surface area contributed by atoms with E-state index in [1.165, 1.54) is 12.8 Å². The van der Waals surface area contributed by atoms with E-state index in [1.54, 1.807) is 12.7 Å². The van der Waals surface area contributed by atoms with Crippen molar-refractivity contribution in [2.24, 2.45) is 5.92 Å². The van der Waals surface area contributed by atoms with Crippen LogP contribution in [0.4, 0.5) is 5.82 Å². The van der Waals surface area contributed by atoms with Gasteiger partial charge in [0.1, 0.15) is 11.8 Å². The number of nitrogens with zero attached hydrogens (tertiary/aromatic N) is 3. The summed E-state index contributed by atoms with van der Waals surface area (Å²) in [5.74, 6) is 1.49. The van der Waals surface area contributed by atoms with Crippen molar-refractivity contribution < 1.29 is 0 Å². The standard InChI is InChI=1S/C12H18N6/c1-8(9-3-2-4-13-5-9)18-12-10-11(15-6-14-10)16-7-17-12/h6-9,13H,2-5H2,1H3,(H2,14,15,16,17,18). The predicted octanol–water partition coefficient (Wildman–Crippen LogP) is 1.15. The molecule has 96 valence electrons. The maximum Gasteiger partial charge on any atom is 0.182 e. The van der Waals surface area contributed by atoms with Crippen LogP contribution in [-0.2, 0) is 0 Å². The van der Waals surface area contributed by atoms with Crippen molar-refractivity contribution in [2.45, 2.75) is 25.8 Å². The number of hydrogen-bond donors (Lipinski definition) is 3. The number of anilines is 1. The molecule has 0 aliphatic carbocycles. The van der Waals surface area contributed by atoms with E-state index in [0.29, 0.717) is 17.6 Å². The Labute approximate surface area is 106 Å². The van der Waals surface area contributed by atoms with Crippen molar-refractivity contribution in [3.05, 3.63) is 12.7 Å². The molecule has 3 N–H and O–H groups in total. The molecule has 2 aromatic rings. The number of nitrogens with one attached hydrogen (secondary N) is 3. The van der Waals surface area contributed by atoms with Crippen molar-refractivity contribution in [1.82, 2.24) is 25.3 Å². The monoisotopic (exact) mass is 246 g/mol. The molecule has 18 heavy (non-hydrogen) atoms. The summed E-state index contributed by atoms with van der Waals surface area (Å²) in [5, 5.41) is 6.92. The average molecular weight is 246 g/mol. The second-order valence-electron chi connectivity index (χ2n) is 4.86. The normalized spacial score (nSPS) is 21.9. The topological polar surface area (TPSA) is 78.5 Å². The summed E-state index contributed by atoms with van der Waals surface area (Å²) < 4.78 is 0. The average Bonchev–Trinajstić information content (AvgIpc) is 2.89. The lowest BCUT2D eigenvalue weighted by Crippen LogP contribution is -2.39. The molecule has 6 nitrogen and oxygen atoms in total. The molecule has 0 radical (unpaired) electrons. The van der Waals surface area contributed by atoms with Gasteiger partial charge in [-0.25, -0.2) is 15.0 Å². The van der Waals surface area contributed by atoms with Gasteiger partial charge in [0.05, 0.1) is 6.33 Å². The number of imidazole rings is 1. The van der Waals surface area contributed by atoms with Gasteiger partial charge < -0.3 is 15.6 Å². The van der Waals surface area contributed by atoms with E-state index in [0.717, 1.165) is 24.4 Å². The first-order chi connectivity index (χ1) is 8.84. The van der Waals surface area contributed by atoms with Gasteiger partial charge >= 0.3 is 0 Å². The second kappa shape index (κ2) is 4.89. The van der Waals surface area contributed by atoms with Gasteiger partial charge in [-0.05, 0) is 38.8 Å². The molecule has 0 bridgehead atoms. The highest BCUT2D eigenvalue weighted by atomic mass is 15.1. The highest BCUT2D eigenvalue weighted by Gasteiger charge is 2.20. The Morgan fingerprint density at radius 2 is 2.33 bits per heavy atom. The highest BCUT2D eigenvalue weighted by Crippen LogP contribution is 2.20. The van der Waals surface area contributed by atoms with Gasteiger partial charge in [0.25, 0.3) is 0 Å². The molecule has 1 fully saturated rings. The fourth-order valence-electron chi connectivity index (χ4n) is 2.51. The Bertz CT molecular complexity index is 516. The summed E-state index contributed by atoms with van der Waals surface area (Å²) in [6.45, 7) is 4.43. The van der Waals surface area contributed by atoms with Gasteiger partial charge in [-0.2, -0.15) is 0 Å². The Morgan fingerprint density at radius 3 is 3.17 bits per heavy atom. The number of aromatic amines is 1. The lowest BCUT2D eigenvalue weighted by Gasteiger charge is -2.29. The summed E-state index contributed by atoms with van der Waals surface area (Å²) in [6.07, 6.45) is 5.72. The van der Waals surface area contributed by atoms with Crippen LogP contribution in [0, 0.1) is 5.92 Å². The smallest absolute Gasteiger partial charge is 0.182 e. The molecule has 6 heteroatoms. The summed E-state index contributed by atoms with van der Waals surface area (Å²) >= 11 is 0. The van der Waals surface area contributed by atoms with Crippen LogP contribution in [-0.4, -0.2) is 39.1 Å². The molecule has 1 saturated heterocycles. The minimum Gasteiger partial charge on any atom is -0.365 e. The van der Waals surface area contributed by atoms with E-state index < -0.39 is 0 Å². The zero-order valence-electron chi connectivity index (χ0n) is 10.5. The first-order valence-electron chi connectivity index (χ1n) is 6.46. The molecule has 2 atom stereocenters. The van der Waals surface area contributed by atoms with Crippen molar-refractivity contribution in [1.29, 1.82) is 0 Å². The predicted molar refractivity (Wildman–Crippen MR) is 70.4 cm³/mol. The van der Waals surface area contributed by atoms with Gasteiger partial charge in [-0.15, -0.1) is 0 Å². The molecule has 0 saturated carbocycles. The third kappa shape index (κ3) is 2.15. The molecule has 0 aromatic carbocycles. The van der Waals surface area contributed by atoms with Crippen molar-refractivity contribution in [3.8, 4) is 0 Å². The maximum atomic E-state index is 4.30. The number of H-pyrrole nitrogens is 1. The second-order valence-corrected chi connectivity index (χ2v) is 4.86. The van der Waals surface area contributed by atoms with Crippen molar-refractivity contribution in [3.63, 3.8) is 0 Å². The molecule has 0 amide bonds. The van der Waals surface area contributed by atoms with Gasteiger partial charge in [0.2, 0.25) is 0 Å². The van der Waals surface area contributed by atoms with Gasteiger partial charge in [0, 0.05) is 6.04 Å². The molecule has 1 aliphatic heterocycles. The van der Waals surface area contributed by atoms with E-state index in [1.807, 2.05) is 0 Å². The fraction of sp³-hybridized carbons (Fsp3) is 0.583. The molecule has 3 heterocycles. The molecule has 2 aromatic heterocycles. The Morgan fingerprint density at radius 1 is 1.39 bits per heavy atom. The number of fused-ring (bicyclic) bond motifs is 1. The van der Waals surface area contributed by atoms with Gasteiger partial charge in [-0.3, -0.25) is 0 Å². The Balaban J connectivity index is 1.77. The van der Waals surface area contributed by atoms with Crippen LogP contribution in [0.1, 0.15) is 19.8 Å². The zero-order chi connectivity index (χ0) is 12.4. The van der Waals surface area contributed by atoms with Crippen LogP contribution >= 0.6 is 0 Å². The summed E-state index contributed by atoms with van der Waals surface area (Å²) in [7, 11) is 0. The van der Waals surface area contributed by atoms with Gasteiger partial charge in [-0.1, -0.05) is 0 Å². The van der Waals surface area contributed by atoms with E-state index in [-0.39, 0.29) is 0 Å². The van der Waals surface area contributed by atoms with Crippen LogP contribution in [0.25, 0.3) is 11.2 Å².